The van der Waals surface area contributed by atoms with Gasteiger partial charge in [0.25, 0.3) is 5.91 Å². The molecule has 1 atom stereocenters. The van der Waals surface area contributed by atoms with Gasteiger partial charge in [0.15, 0.2) is 6.61 Å². The van der Waals surface area contributed by atoms with Crippen molar-refractivity contribution >= 4 is 17.8 Å². The Morgan fingerprint density at radius 3 is 2.56 bits per heavy atom. The third-order valence-corrected chi connectivity index (χ3v) is 4.29. The van der Waals surface area contributed by atoms with E-state index in [9.17, 15) is 14.4 Å². The number of piperidine rings is 1. The van der Waals surface area contributed by atoms with Crippen LogP contribution in [0.4, 0.5) is 0 Å². The van der Waals surface area contributed by atoms with Crippen molar-refractivity contribution in [2.45, 2.75) is 38.1 Å². The van der Waals surface area contributed by atoms with E-state index < -0.39 is 17.9 Å². The minimum Gasteiger partial charge on any atom is -0.497 e. The van der Waals surface area contributed by atoms with Crippen LogP contribution in [0.1, 0.15) is 31.2 Å². The molecule has 2 amide bonds. The number of hydrogen-bond donors (Lipinski definition) is 1. The van der Waals surface area contributed by atoms with E-state index in [4.69, 9.17) is 15.2 Å². The highest BCUT2D eigenvalue weighted by atomic mass is 16.5. The van der Waals surface area contributed by atoms with E-state index in [0.29, 0.717) is 19.4 Å². The first-order chi connectivity index (χ1) is 12.0. The Bertz CT molecular complexity index is 614. The fourth-order valence-corrected chi connectivity index (χ4v) is 2.86. The first-order valence-electron chi connectivity index (χ1n) is 8.38. The van der Waals surface area contributed by atoms with Crippen molar-refractivity contribution in [3.8, 4) is 5.75 Å². The van der Waals surface area contributed by atoms with Crippen molar-refractivity contribution in [1.82, 2.24) is 4.90 Å². The molecule has 1 aliphatic heterocycles. The summed E-state index contributed by atoms with van der Waals surface area (Å²) in [6, 6.07) is 6.80. The highest BCUT2D eigenvalue weighted by Gasteiger charge is 2.30. The molecule has 1 fully saturated rings. The summed E-state index contributed by atoms with van der Waals surface area (Å²) in [4.78, 5) is 36.9. The Kier molecular flexibility index (Phi) is 6.80. The molecule has 7 heteroatoms. The second-order valence-electron chi connectivity index (χ2n) is 6.01. The number of ether oxygens (including phenoxy) is 2. The van der Waals surface area contributed by atoms with Crippen molar-refractivity contribution in [3.63, 3.8) is 0 Å². The molecule has 1 saturated heterocycles. The number of carbonyl (C=O) groups excluding carboxylic acids is 3. The zero-order valence-corrected chi connectivity index (χ0v) is 14.4. The number of amides is 2. The number of rotatable bonds is 7. The molecule has 0 saturated carbocycles. The number of esters is 1. The molecule has 1 aliphatic rings. The molecule has 0 bridgehead atoms. The summed E-state index contributed by atoms with van der Waals surface area (Å²) in [6.45, 7) is 0.112. The van der Waals surface area contributed by atoms with Gasteiger partial charge < -0.3 is 20.1 Å². The minimum absolute atomic E-state index is 0.179. The fourth-order valence-electron chi connectivity index (χ4n) is 2.86. The van der Waals surface area contributed by atoms with Crippen LogP contribution in [-0.4, -0.2) is 49.0 Å². The molecule has 0 aliphatic carbocycles. The van der Waals surface area contributed by atoms with Crippen LogP contribution in [0, 0.1) is 0 Å². The summed E-state index contributed by atoms with van der Waals surface area (Å²) in [7, 11) is 1.59. The second-order valence-corrected chi connectivity index (χ2v) is 6.01. The van der Waals surface area contributed by atoms with Crippen LogP contribution in [0.3, 0.4) is 0 Å². The van der Waals surface area contributed by atoms with Gasteiger partial charge in [0.05, 0.1) is 7.11 Å². The lowest BCUT2D eigenvalue weighted by molar-refractivity contribution is -0.154. The maximum absolute atomic E-state index is 12.2. The summed E-state index contributed by atoms with van der Waals surface area (Å²) >= 11 is 0. The standard InChI is InChI=1S/C18H24N2O5/c1-24-14-8-5-13(6-9-14)7-10-17(22)25-12-16(21)20-11-3-2-4-15(20)18(19)23/h5-6,8-9,15H,2-4,7,10-12H2,1H3,(H2,19,23)/t15-/m0/s1. The molecule has 136 valence electrons. The topological polar surface area (TPSA) is 98.9 Å². The number of carbonyl (C=O) groups is 3. The second kappa shape index (κ2) is 9.05. The lowest BCUT2D eigenvalue weighted by Crippen LogP contribution is -2.51. The molecule has 1 aromatic rings. The number of nitrogens with zero attached hydrogens (tertiary/aromatic N) is 1. The van der Waals surface area contributed by atoms with Crippen molar-refractivity contribution in [2.75, 3.05) is 20.3 Å². The first kappa shape index (κ1) is 18.8. The van der Waals surface area contributed by atoms with E-state index in [2.05, 4.69) is 0 Å². The quantitative estimate of drug-likeness (QED) is 0.742. The summed E-state index contributed by atoms with van der Waals surface area (Å²) < 4.78 is 10.1. The number of benzene rings is 1. The Morgan fingerprint density at radius 1 is 1.20 bits per heavy atom. The van der Waals surface area contributed by atoms with Gasteiger partial charge >= 0.3 is 5.97 Å². The molecule has 0 radical (unpaired) electrons. The van der Waals surface area contributed by atoms with Gasteiger partial charge in [-0.1, -0.05) is 12.1 Å². The van der Waals surface area contributed by atoms with Gasteiger partial charge in [-0.05, 0) is 43.4 Å². The maximum Gasteiger partial charge on any atom is 0.306 e. The van der Waals surface area contributed by atoms with E-state index in [1.807, 2.05) is 24.3 Å². The van der Waals surface area contributed by atoms with E-state index in [0.717, 1.165) is 24.2 Å². The molecule has 25 heavy (non-hydrogen) atoms. The Hall–Kier alpha value is -2.57. The smallest absolute Gasteiger partial charge is 0.306 e. The molecule has 0 unspecified atom stereocenters. The molecule has 1 aromatic carbocycles. The third kappa shape index (κ3) is 5.48. The number of nitrogens with two attached hydrogens (primary N) is 1. The average Bonchev–Trinajstić information content (AvgIpc) is 2.64. The highest BCUT2D eigenvalue weighted by molar-refractivity contribution is 5.88. The van der Waals surface area contributed by atoms with E-state index in [1.54, 1.807) is 7.11 Å². The molecule has 0 aromatic heterocycles. The van der Waals surface area contributed by atoms with Crippen LogP contribution in [0.25, 0.3) is 0 Å². The summed E-state index contributed by atoms with van der Waals surface area (Å²) in [6.07, 6.45) is 2.94. The van der Waals surface area contributed by atoms with Crippen molar-refractivity contribution in [2.24, 2.45) is 5.73 Å². The van der Waals surface area contributed by atoms with E-state index in [-0.39, 0.29) is 18.9 Å². The number of methoxy groups -OCH3 is 1. The molecule has 1 heterocycles. The third-order valence-electron chi connectivity index (χ3n) is 4.29. The van der Waals surface area contributed by atoms with Crippen LogP contribution < -0.4 is 10.5 Å². The predicted octanol–water partition coefficient (Wildman–Crippen LogP) is 1.04. The van der Waals surface area contributed by atoms with Gasteiger partial charge in [-0.2, -0.15) is 0 Å². The van der Waals surface area contributed by atoms with Crippen LogP contribution in [0.5, 0.6) is 5.75 Å². The lowest BCUT2D eigenvalue weighted by Gasteiger charge is -2.33. The zero-order valence-electron chi connectivity index (χ0n) is 14.4. The molecule has 2 N–H and O–H groups in total. The molecule has 0 spiro atoms. The van der Waals surface area contributed by atoms with Crippen molar-refractivity contribution < 1.29 is 23.9 Å². The van der Waals surface area contributed by atoms with Gasteiger partial charge in [-0.25, -0.2) is 0 Å². The molecular weight excluding hydrogens is 324 g/mol. The average molecular weight is 348 g/mol. The van der Waals surface area contributed by atoms with Crippen LogP contribution >= 0.6 is 0 Å². The Labute approximate surface area is 147 Å². The van der Waals surface area contributed by atoms with Crippen LogP contribution in [-0.2, 0) is 25.5 Å². The van der Waals surface area contributed by atoms with E-state index >= 15 is 0 Å². The first-order valence-corrected chi connectivity index (χ1v) is 8.38. The summed E-state index contributed by atoms with van der Waals surface area (Å²) in [5.74, 6) is -0.584. The number of likely N-dealkylation sites (tertiary alicyclic amines) is 1. The summed E-state index contributed by atoms with van der Waals surface area (Å²) in [5.41, 5.74) is 6.32. The number of hydrogen-bond acceptors (Lipinski definition) is 5. The van der Waals surface area contributed by atoms with Crippen LogP contribution in [0.15, 0.2) is 24.3 Å². The lowest BCUT2D eigenvalue weighted by atomic mass is 10.0. The van der Waals surface area contributed by atoms with Gasteiger partial charge in [0.1, 0.15) is 11.8 Å². The molecule has 2 rings (SSSR count). The zero-order chi connectivity index (χ0) is 18.2. The summed E-state index contributed by atoms with van der Waals surface area (Å²) in [5, 5.41) is 0. The van der Waals surface area contributed by atoms with Gasteiger partial charge in [-0.15, -0.1) is 0 Å². The van der Waals surface area contributed by atoms with Gasteiger partial charge in [0, 0.05) is 13.0 Å². The Balaban J connectivity index is 1.76. The molecular formula is C18H24N2O5. The number of primary amides is 1. The molecule has 7 nitrogen and oxygen atoms in total. The maximum atomic E-state index is 12.2. The SMILES string of the molecule is COc1ccc(CCC(=O)OCC(=O)N2CCCC[C@H]2C(N)=O)cc1. The fraction of sp³-hybridized carbons (Fsp3) is 0.500. The largest absolute Gasteiger partial charge is 0.497 e. The number of aryl methyl sites for hydroxylation is 1. The van der Waals surface area contributed by atoms with Gasteiger partial charge in [-0.3, -0.25) is 14.4 Å². The normalized spacial score (nSPS) is 17.0. The highest BCUT2D eigenvalue weighted by Crippen LogP contribution is 2.17. The van der Waals surface area contributed by atoms with Crippen LogP contribution in [0.2, 0.25) is 0 Å². The van der Waals surface area contributed by atoms with Crippen molar-refractivity contribution in [3.05, 3.63) is 29.8 Å². The van der Waals surface area contributed by atoms with Gasteiger partial charge in [0.2, 0.25) is 5.91 Å². The van der Waals surface area contributed by atoms with Crippen molar-refractivity contribution in [1.29, 1.82) is 0 Å². The monoisotopic (exact) mass is 348 g/mol. The Morgan fingerprint density at radius 2 is 1.92 bits per heavy atom. The predicted molar refractivity (Wildman–Crippen MR) is 90.8 cm³/mol. The minimum atomic E-state index is -0.598. The van der Waals surface area contributed by atoms with E-state index in [1.165, 1.54) is 4.90 Å².